The Bertz CT molecular complexity index is 2720. The second kappa shape index (κ2) is 68.3. The number of aromatic amines is 1. The number of hydrogen-bond donors (Lipinski definition) is 1. The lowest BCUT2D eigenvalue weighted by Crippen LogP contribution is -2.54. The van der Waals surface area contributed by atoms with Crippen molar-refractivity contribution >= 4 is 87.3 Å². The predicted octanol–water partition coefficient (Wildman–Crippen LogP) is 12.3. The van der Waals surface area contributed by atoms with Gasteiger partial charge in [-0.25, -0.2) is 24.0 Å². The molecule has 14 aromatic rings. The molecule has 0 spiro atoms. The average Bonchev–Trinajstić information content (AvgIpc) is 2.93. The quantitative estimate of drug-likeness (QED) is 0.138. The first-order valence-corrected chi connectivity index (χ1v) is 33.0. The van der Waals surface area contributed by atoms with Crippen LogP contribution in [0.1, 0.15) is 54.4 Å². The van der Waals surface area contributed by atoms with E-state index in [4.69, 9.17) is 0 Å². The van der Waals surface area contributed by atoms with Crippen molar-refractivity contribution in [3.63, 3.8) is 0 Å². The van der Waals surface area contributed by atoms with Gasteiger partial charge in [0.15, 0.2) is 12.7 Å². The summed E-state index contributed by atoms with van der Waals surface area (Å²) < 4.78 is 38.8. The minimum absolute atomic E-state index is 0.00347. The molecule has 41 heteroatoms. The van der Waals surface area contributed by atoms with Gasteiger partial charge in [-0.3, -0.25) is 9.98 Å². The molecule has 3 aliphatic heterocycles. The maximum absolute atomic E-state index is 4.58. The number of oxazole rings is 1. The minimum atomic E-state index is 0.00347. The highest BCUT2D eigenvalue weighted by atomic mass is 32.1. The predicted molar refractivity (Wildman–Crippen MR) is 373 cm³/mol. The van der Waals surface area contributed by atoms with Gasteiger partial charge in [0.1, 0.15) is 53.5 Å². The number of tetrazole rings is 2. The Hall–Kier alpha value is -11.5. The van der Waals surface area contributed by atoms with Crippen LogP contribution >= 0.6 is 68.6 Å². The molecule has 0 atom stereocenters. The molecule has 4 aliphatic rings. The monoisotopic (exact) mass is 1450 g/mol. The number of nitrogens with zero attached hydrogens (tertiary/aromatic N) is 28. The maximum atomic E-state index is 4.58. The van der Waals surface area contributed by atoms with Crippen LogP contribution in [0.15, 0.2) is 306 Å². The Morgan fingerprint density at radius 3 is 1.52 bits per heavy atom. The smallest absolute Gasteiger partial charge is 0.296 e. The van der Waals surface area contributed by atoms with E-state index in [0.717, 1.165) is 25.9 Å². The standard InChI is InChI=1S/2C5H10N4.C5H6.C4H5N.C4H4O.C4H4S.2C3H4N2.2C3H3NO.2C3H3NS.3C2H2N2O.3C2H2N2S/c1-5(2,3)9-4-6-7-8-9;1-5(2,3)9-7-4-6-8-9;6*1-2-4-5-3-1;1-2-5-3-4-1;1-2-4-5-3-1;1-2-5-3-4-1;1-2-4-5-3-1;1-3-4-2-5-1;1-3-2-5-4-1;1-2-5-4-3-1;1-3-4-2-5-1;1-3-2-5-4-1;1-2-5-4-3-1/h2*4H,1-3H3;1-4H,5H2;1-3H,4H2;2*1-4H;2-3H,1H2;1-2H,3H2;4*1-3H;6*1-2H/p+1. The zero-order valence-electron chi connectivity index (χ0n) is 53.7. The molecule has 0 saturated heterocycles. The molecule has 0 bridgehead atoms. The lowest BCUT2D eigenvalue weighted by Gasteiger charge is -2.16. The van der Waals surface area contributed by atoms with Crippen LogP contribution in [0, 0.1) is 0 Å². The van der Waals surface area contributed by atoms with Crippen LogP contribution in [0.5, 0.6) is 0 Å². The van der Waals surface area contributed by atoms with Crippen molar-refractivity contribution in [3.05, 3.63) is 253 Å². The summed E-state index contributed by atoms with van der Waals surface area (Å²) in [5.41, 5.74) is 6.85. The van der Waals surface area contributed by atoms with Crippen LogP contribution in [0.3, 0.4) is 0 Å². The molecule has 18 rings (SSSR count). The van der Waals surface area contributed by atoms with Crippen LogP contribution in [-0.2, 0) is 11.1 Å². The van der Waals surface area contributed by atoms with Crippen molar-refractivity contribution in [1.82, 2.24) is 115 Å². The number of aromatic nitrogens is 24. The van der Waals surface area contributed by atoms with E-state index < -0.39 is 0 Å². The van der Waals surface area contributed by atoms with Crippen LogP contribution in [-0.4, -0.2) is 147 Å². The van der Waals surface area contributed by atoms with E-state index in [2.05, 4.69) is 208 Å². The van der Waals surface area contributed by atoms with Crippen molar-refractivity contribution in [3.8, 4) is 0 Å². The molecule has 0 fully saturated rings. The second-order valence-corrected chi connectivity index (χ2v) is 21.6. The Kier molecular flexibility index (Phi) is 58.9. The first kappa shape index (κ1) is 84.5. The maximum Gasteiger partial charge on any atom is 0.296 e. The molecular formula is C57H72N29O6S6+. The summed E-state index contributed by atoms with van der Waals surface area (Å²) in [5.74, 6) is 0. The van der Waals surface area contributed by atoms with E-state index >= 15 is 0 Å². The molecule has 0 aromatic carbocycles. The molecule has 98 heavy (non-hydrogen) atoms. The molecule has 1 N–H and O–H groups in total. The number of H-pyrrole nitrogens is 1. The zero-order valence-corrected chi connectivity index (χ0v) is 58.6. The Morgan fingerprint density at radius 2 is 1.32 bits per heavy atom. The summed E-state index contributed by atoms with van der Waals surface area (Å²) in [6.07, 6.45) is 51.9. The molecule has 35 nitrogen and oxygen atoms in total. The number of furan rings is 1. The van der Waals surface area contributed by atoms with Gasteiger partial charge in [-0.2, -0.15) is 36.1 Å². The summed E-state index contributed by atoms with van der Waals surface area (Å²) in [6, 6.07) is 11.3. The van der Waals surface area contributed by atoms with Crippen molar-refractivity contribution in [2.24, 2.45) is 25.4 Å². The van der Waals surface area contributed by atoms with Crippen LogP contribution < -0.4 is 4.80 Å². The van der Waals surface area contributed by atoms with E-state index in [-0.39, 0.29) is 11.1 Å². The molecule has 17 heterocycles. The van der Waals surface area contributed by atoms with Crippen LogP contribution in [0.25, 0.3) is 0 Å². The fourth-order valence-electron chi connectivity index (χ4n) is 4.12. The van der Waals surface area contributed by atoms with Crippen LogP contribution in [0.4, 0.5) is 0 Å². The third-order valence-corrected chi connectivity index (χ3v) is 11.0. The minimum Gasteiger partial charge on any atom is -0.473 e. The number of allylic oxidation sites excluding steroid dienone is 5. The first-order chi connectivity index (χ1) is 48.2. The molecule has 0 saturated carbocycles. The summed E-state index contributed by atoms with van der Waals surface area (Å²) in [6.45, 7) is 14.0. The van der Waals surface area contributed by atoms with Crippen molar-refractivity contribution in [1.29, 1.82) is 0 Å². The summed E-state index contributed by atoms with van der Waals surface area (Å²) in [4.78, 5) is 19.9. The molecule has 0 amide bonds. The summed E-state index contributed by atoms with van der Waals surface area (Å²) >= 11 is 8.97. The Labute approximate surface area is 587 Å². The van der Waals surface area contributed by atoms with Gasteiger partial charge in [0.05, 0.1) is 66.6 Å². The summed E-state index contributed by atoms with van der Waals surface area (Å²) in [5, 5.41) is 75.2. The van der Waals surface area contributed by atoms with Crippen LogP contribution in [0.2, 0.25) is 0 Å². The van der Waals surface area contributed by atoms with E-state index in [1.165, 1.54) is 115 Å². The fraction of sp³-hybridized carbons (Fsp3) is 0.211. The van der Waals surface area contributed by atoms with Gasteiger partial charge in [-0.1, -0.05) is 62.1 Å². The topological polar surface area (TPSA) is 436 Å². The third kappa shape index (κ3) is 65.9. The highest BCUT2D eigenvalue weighted by molar-refractivity contribution is 7.08. The largest absolute Gasteiger partial charge is 0.473 e. The van der Waals surface area contributed by atoms with Gasteiger partial charge in [0.2, 0.25) is 19.2 Å². The first-order valence-electron chi connectivity index (χ1n) is 27.7. The number of rotatable bonds is 0. The number of thiazole rings is 1. The van der Waals surface area contributed by atoms with E-state index in [1.54, 1.807) is 135 Å². The van der Waals surface area contributed by atoms with Gasteiger partial charge < -0.3 is 26.8 Å². The zero-order chi connectivity index (χ0) is 70.4. The van der Waals surface area contributed by atoms with Gasteiger partial charge in [-0.05, 0) is 150 Å². The average molecular weight is 1450 g/mol. The highest BCUT2D eigenvalue weighted by Gasteiger charge is 2.20. The molecule has 14 aromatic heterocycles. The Balaban J connectivity index is 0.000000521. The number of hydrogen-bond acceptors (Lipinski definition) is 38. The molecule has 516 valence electrons. The SMILES string of the molecule is C1=CCC=C1.C1=CCN=C1.C1=CN=NC1.C1=NN=CC1.CC(C)(C)[n+]1ncn[nH]1.CC(C)(C)n1cnnn1.c1ccoc1.c1ccsc1.c1cnoc1.c1cnsc1.c1cocn1.c1conn1.c1cscn1.c1csnn1.c1ncon1.c1ncsn1.c1nnco1.c1nncs1. The van der Waals surface area contributed by atoms with E-state index in [9.17, 15) is 0 Å². The fourth-order valence-corrected chi connectivity index (χ4v) is 6.09. The summed E-state index contributed by atoms with van der Waals surface area (Å²) in [7, 11) is 0. The lowest BCUT2D eigenvalue weighted by molar-refractivity contribution is -0.853. The molecular weight excluding hydrogens is 1380 g/mol. The van der Waals surface area contributed by atoms with Gasteiger partial charge in [0, 0.05) is 65.1 Å². The molecule has 1 aliphatic carbocycles. The number of azo groups is 1. The van der Waals surface area contributed by atoms with Gasteiger partial charge in [-0.15, -0.1) is 58.4 Å². The highest BCUT2D eigenvalue weighted by Crippen LogP contribution is 2.08. The Morgan fingerprint density at radius 1 is 0.500 bits per heavy atom. The number of nitrogens with one attached hydrogen (secondary N) is 1. The van der Waals surface area contributed by atoms with Gasteiger partial charge in [0.25, 0.3) is 6.33 Å². The number of aliphatic imine (C=N–C) groups is 1. The van der Waals surface area contributed by atoms with E-state index in [0.29, 0.717) is 0 Å². The van der Waals surface area contributed by atoms with Gasteiger partial charge >= 0.3 is 0 Å². The molecule has 0 unspecified atom stereocenters. The van der Waals surface area contributed by atoms with Crippen molar-refractivity contribution in [2.45, 2.75) is 65.5 Å². The van der Waals surface area contributed by atoms with Crippen molar-refractivity contribution in [2.75, 3.05) is 13.1 Å². The lowest BCUT2D eigenvalue weighted by atomic mass is 10.1. The third-order valence-electron chi connectivity index (χ3n) is 8.06. The normalized spacial score (nSPS) is 10.7. The number of thiophene rings is 1. The van der Waals surface area contributed by atoms with E-state index in [1.807, 2.05) is 96.2 Å². The molecule has 0 radical (unpaired) electrons. The second-order valence-electron chi connectivity index (χ2n) is 17.4. The van der Waals surface area contributed by atoms with Crippen molar-refractivity contribution < 1.29 is 31.6 Å².